The highest BCUT2D eigenvalue weighted by molar-refractivity contribution is 7.89. The molecule has 5 rings (SSSR count). The summed E-state index contributed by atoms with van der Waals surface area (Å²) in [6.07, 6.45) is 2.97. The van der Waals surface area contributed by atoms with Gasteiger partial charge in [-0.2, -0.15) is 4.31 Å². The highest BCUT2D eigenvalue weighted by atomic mass is 35.5. The number of rotatable bonds is 5. The summed E-state index contributed by atoms with van der Waals surface area (Å²) < 4.78 is 29.3. The van der Waals surface area contributed by atoms with Gasteiger partial charge < -0.3 is 10.0 Å². The maximum Gasteiger partial charge on any atom is 0.342 e. The quantitative estimate of drug-likeness (QED) is 0.332. The van der Waals surface area contributed by atoms with Crippen molar-refractivity contribution in [1.29, 1.82) is 0 Å². The van der Waals surface area contributed by atoms with Crippen LogP contribution in [0.1, 0.15) is 29.6 Å². The van der Waals surface area contributed by atoms with Crippen molar-refractivity contribution in [3.8, 4) is 11.1 Å². The Balaban J connectivity index is 1.72. The van der Waals surface area contributed by atoms with Gasteiger partial charge in [0, 0.05) is 37.0 Å². The predicted molar refractivity (Wildman–Crippen MR) is 140 cm³/mol. The maximum atomic E-state index is 13.9. The topological polar surface area (TPSA) is 121 Å². The van der Waals surface area contributed by atoms with Crippen LogP contribution in [0.3, 0.4) is 0 Å². The highest BCUT2D eigenvalue weighted by Crippen LogP contribution is 2.45. The number of carbonyl (C=O) groups is 1. The van der Waals surface area contributed by atoms with Crippen LogP contribution in [0.2, 0.25) is 5.02 Å². The summed E-state index contributed by atoms with van der Waals surface area (Å²) in [5.41, 5.74) is 0.710. The van der Waals surface area contributed by atoms with Crippen molar-refractivity contribution >= 4 is 44.7 Å². The first-order valence-electron chi connectivity index (χ1n) is 11.8. The summed E-state index contributed by atoms with van der Waals surface area (Å²) in [6, 6.07) is 15.9. The Labute approximate surface area is 219 Å². The molecule has 2 aliphatic rings. The molecule has 0 aromatic heterocycles. The molecule has 1 heterocycles. The van der Waals surface area contributed by atoms with Crippen molar-refractivity contribution in [2.45, 2.75) is 30.2 Å². The zero-order valence-corrected chi connectivity index (χ0v) is 21.4. The molecule has 3 aromatic carbocycles. The number of likely N-dealkylation sites (N-methyl/N-ethyl adjacent to an activating group) is 1. The van der Waals surface area contributed by atoms with E-state index < -0.39 is 32.2 Å². The number of nitrogens with zero attached hydrogens (tertiary/aromatic N) is 3. The SMILES string of the molecule is CN1[C@H](C2CCC2)CN(c2ccccc2)c2cc(Cl)c(-c3ccc([N+](=O)[O-])c(C(=O)O)c3)cc2S1(=O)=O. The molecule has 0 radical (unpaired) electrons. The molecule has 0 spiro atoms. The second-order valence-corrected chi connectivity index (χ2v) is 11.7. The van der Waals surface area contributed by atoms with Crippen molar-refractivity contribution < 1.29 is 23.2 Å². The number of benzene rings is 3. The third kappa shape index (κ3) is 4.35. The van der Waals surface area contributed by atoms with Crippen LogP contribution in [0, 0.1) is 16.0 Å². The van der Waals surface area contributed by atoms with E-state index in [1.54, 1.807) is 13.1 Å². The van der Waals surface area contributed by atoms with E-state index in [4.69, 9.17) is 11.6 Å². The molecule has 0 amide bonds. The van der Waals surface area contributed by atoms with E-state index in [1.165, 1.54) is 16.4 Å². The molecule has 1 saturated carbocycles. The number of hydrogen-bond acceptors (Lipinski definition) is 6. The summed E-state index contributed by atoms with van der Waals surface area (Å²) in [6.45, 7) is 0.452. The smallest absolute Gasteiger partial charge is 0.342 e. The fraction of sp³-hybridized carbons (Fsp3) is 0.269. The molecular formula is C26H24ClN3O6S. The normalized spacial score (nSPS) is 19.5. The van der Waals surface area contributed by atoms with Gasteiger partial charge in [-0.1, -0.05) is 36.2 Å². The average molecular weight is 542 g/mol. The molecular weight excluding hydrogens is 518 g/mol. The van der Waals surface area contributed by atoms with Gasteiger partial charge in [-0.3, -0.25) is 10.1 Å². The van der Waals surface area contributed by atoms with E-state index in [9.17, 15) is 28.4 Å². The number of fused-ring (bicyclic) bond motifs is 1. The molecule has 1 N–H and O–H groups in total. The number of sulfonamides is 1. The first-order chi connectivity index (χ1) is 17.6. The number of anilines is 2. The second-order valence-electron chi connectivity index (χ2n) is 9.32. The van der Waals surface area contributed by atoms with Crippen LogP contribution in [-0.2, 0) is 10.0 Å². The summed E-state index contributed by atoms with van der Waals surface area (Å²) in [7, 11) is -2.36. The molecule has 3 aromatic rings. The fourth-order valence-corrected chi connectivity index (χ4v) is 6.95. The number of carboxylic acids is 1. The lowest BCUT2D eigenvalue weighted by Crippen LogP contribution is -2.47. The van der Waals surface area contributed by atoms with Gasteiger partial charge in [0.05, 0.1) is 15.6 Å². The molecule has 1 atom stereocenters. The Morgan fingerprint density at radius 2 is 1.81 bits per heavy atom. The zero-order chi connectivity index (χ0) is 26.5. The molecule has 0 saturated heterocycles. The Morgan fingerprint density at radius 1 is 1.11 bits per heavy atom. The number of nitro benzene ring substituents is 1. The van der Waals surface area contributed by atoms with Crippen molar-refractivity contribution in [2.75, 3.05) is 18.5 Å². The maximum absolute atomic E-state index is 13.9. The van der Waals surface area contributed by atoms with Crippen molar-refractivity contribution in [1.82, 2.24) is 4.31 Å². The minimum Gasteiger partial charge on any atom is -0.477 e. The molecule has 0 bridgehead atoms. The van der Waals surface area contributed by atoms with Crippen LogP contribution in [0.15, 0.2) is 65.6 Å². The lowest BCUT2D eigenvalue weighted by molar-refractivity contribution is -0.385. The van der Waals surface area contributed by atoms with Gasteiger partial charge in [-0.15, -0.1) is 0 Å². The van der Waals surface area contributed by atoms with Gasteiger partial charge in [-0.05, 0) is 60.7 Å². The Kier molecular flexibility index (Phi) is 6.43. The predicted octanol–water partition coefficient (Wildman–Crippen LogP) is 5.55. The summed E-state index contributed by atoms with van der Waals surface area (Å²) in [4.78, 5) is 24.2. The van der Waals surface area contributed by atoms with Gasteiger partial charge in [0.25, 0.3) is 5.69 Å². The van der Waals surface area contributed by atoms with Crippen molar-refractivity contribution in [2.24, 2.45) is 5.92 Å². The van der Waals surface area contributed by atoms with Gasteiger partial charge in [0.2, 0.25) is 10.0 Å². The average Bonchev–Trinajstić information content (AvgIpc) is 2.91. The minimum absolute atomic E-state index is 0.0373. The Hall–Kier alpha value is -3.47. The van der Waals surface area contributed by atoms with Crippen molar-refractivity contribution in [3.05, 3.63) is 81.4 Å². The van der Waals surface area contributed by atoms with Gasteiger partial charge in [0.15, 0.2) is 0 Å². The van der Waals surface area contributed by atoms with E-state index in [2.05, 4.69) is 0 Å². The molecule has 0 unspecified atom stereocenters. The van der Waals surface area contributed by atoms with Crippen LogP contribution in [-0.4, -0.2) is 48.4 Å². The second kappa shape index (κ2) is 9.44. The van der Waals surface area contributed by atoms with E-state index in [1.807, 2.05) is 35.2 Å². The van der Waals surface area contributed by atoms with Crippen LogP contribution < -0.4 is 4.90 Å². The Morgan fingerprint density at radius 3 is 2.41 bits per heavy atom. The molecule has 9 nitrogen and oxygen atoms in total. The molecule has 1 fully saturated rings. The van der Waals surface area contributed by atoms with E-state index in [0.29, 0.717) is 12.2 Å². The number of para-hydroxylation sites is 1. The van der Waals surface area contributed by atoms with Crippen LogP contribution in [0.4, 0.5) is 17.1 Å². The fourth-order valence-electron chi connectivity index (χ4n) is 5.07. The monoisotopic (exact) mass is 541 g/mol. The standard InChI is InChI=1S/C26H24ClN3O6S/c1-28-24(16-6-5-7-16)15-29(18-8-3-2-4-9-18)23-14-21(27)19(13-25(23)37(28,35)36)17-10-11-22(30(33)34)20(12-17)26(31)32/h2-4,8-14,16,24H,5-7,15H2,1H3,(H,31,32)/t24-/m0/s1. The number of aromatic carboxylic acids is 1. The largest absolute Gasteiger partial charge is 0.477 e. The first kappa shape index (κ1) is 25.2. The summed E-state index contributed by atoms with van der Waals surface area (Å²) in [5, 5.41) is 21.0. The van der Waals surface area contributed by atoms with Crippen LogP contribution in [0.5, 0.6) is 0 Å². The van der Waals surface area contributed by atoms with Gasteiger partial charge in [0.1, 0.15) is 10.5 Å². The summed E-state index contributed by atoms with van der Waals surface area (Å²) in [5.74, 6) is -1.23. The molecule has 1 aliphatic heterocycles. The molecule has 11 heteroatoms. The van der Waals surface area contributed by atoms with E-state index >= 15 is 0 Å². The minimum atomic E-state index is -3.96. The van der Waals surface area contributed by atoms with Gasteiger partial charge in [-0.25, -0.2) is 13.2 Å². The Bertz CT molecular complexity index is 1510. The summed E-state index contributed by atoms with van der Waals surface area (Å²) >= 11 is 6.69. The lowest BCUT2D eigenvalue weighted by atomic mass is 9.79. The number of carboxylic acid groups (broad SMARTS) is 1. The molecule has 192 valence electrons. The zero-order valence-electron chi connectivity index (χ0n) is 19.9. The lowest BCUT2D eigenvalue weighted by Gasteiger charge is -2.39. The van der Waals surface area contributed by atoms with E-state index in [0.717, 1.165) is 37.1 Å². The third-order valence-electron chi connectivity index (χ3n) is 7.33. The number of nitro groups is 1. The van der Waals surface area contributed by atoms with Crippen molar-refractivity contribution in [3.63, 3.8) is 0 Å². The number of hydrogen-bond donors (Lipinski definition) is 1. The number of halogens is 1. The molecule has 37 heavy (non-hydrogen) atoms. The highest BCUT2D eigenvalue weighted by Gasteiger charge is 2.42. The van der Waals surface area contributed by atoms with E-state index in [-0.39, 0.29) is 33.0 Å². The molecule has 1 aliphatic carbocycles. The van der Waals surface area contributed by atoms with Crippen LogP contribution >= 0.6 is 11.6 Å². The van der Waals surface area contributed by atoms with Crippen LogP contribution in [0.25, 0.3) is 11.1 Å². The third-order valence-corrected chi connectivity index (χ3v) is 9.55. The first-order valence-corrected chi connectivity index (χ1v) is 13.6. The van der Waals surface area contributed by atoms with Gasteiger partial charge >= 0.3 is 5.97 Å².